The fourth-order valence-electron chi connectivity index (χ4n) is 3.37. The van der Waals surface area contributed by atoms with E-state index in [4.69, 9.17) is 0 Å². The van der Waals surface area contributed by atoms with Crippen molar-refractivity contribution in [3.05, 3.63) is 23.5 Å². The lowest BCUT2D eigenvalue weighted by Crippen LogP contribution is -2.43. The first-order valence-electron chi connectivity index (χ1n) is 8.21. The molecule has 0 unspecified atom stereocenters. The average Bonchev–Trinajstić information content (AvgIpc) is 3.21. The normalized spacial score (nSPS) is 22.0. The van der Waals surface area contributed by atoms with Gasteiger partial charge in [0.15, 0.2) is 0 Å². The molecule has 0 radical (unpaired) electrons. The molecule has 22 heavy (non-hydrogen) atoms. The molecule has 1 aliphatic carbocycles. The van der Waals surface area contributed by atoms with Crippen molar-refractivity contribution in [2.75, 3.05) is 13.1 Å². The van der Waals surface area contributed by atoms with Crippen LogP contribution in [0, 0.1) is 6.92 Å². The minimum atomic E-state index is 0.186. The third-order valence-corrected chi connectivity index (χ3v) is 4.74. The second kappa shape index (κ2) is 6.24. The van der Waals surface area contributed by atoms with Gasteiger partial charge in [0.05, 0.1) is 5.69 Å². The predicted octanol–water partition coefficient (Wildman–Crippen LogP) is 2.07. The minimum Gasteiger partial charge on any atom is -0.506 e. The molecule has 2 heterocycles. The molecular formula is C17H25N3O2. The Hall–Kier alpha value is -1.62. The number of aryl methyl sites for hydroxylation is 1. The zero-order valence-electron chi connectivity index (χ0n) is 13.5. The Labute approximate surface area is 131 Å². The van der Waals surface area contributed by atoms with Gasteiger partial charge in [0.1, 0.15) is 5.75 Å². The molecule has 1 amide bonds. The molecule has 0 bridgehead atoms. The van der Waals surface area contributed by atoms with Crippen molar-refractivity contribution in [1.29, 1.82) is 0 Å². The summed E-state index contributed by atoms with van der Waals surface area (Å²) >= 11 is 0. The highest BCUT2D eigenvalue weighted by atomic mass is 16.3. The number of nitrogens with zero attached hydrogens (tertiary/aromatic N) is 3. The van der Waals surface area contributed by atoms with E-state index in [1.54, 1.807) is 13.0 Å². The van der Waals surface area contributed by atoms with Crippen LogP contribution >= 0.6 is 0 Å². The van der Waals surface area contributed by atoms with E-state index in [1.165, 1.54) is 0 Å². The standard InChI is InChI=1S/C17H25N3O2/c1-12-5-8-17(22)16(18-12)11-19-9-3-4-15(19)10-20(13(2)21)14-6-7-14/h5,8,14-15,22H,3-4,6-7,9-11H2,1-2H3/t15-/m0/s1. The monoisotopic (exact) mass is 303 g/mol. The topological polar surface area (TPSA) is 56.7 Å². The number of hydrogen-bond donors (Lipinski definition) is 1. The van der Waals surface area contributed by atoms with Gasteiger partial charge in [0, 0.05) is 37.8 Å². The number of rotatable bonds is 5. The second-order valence-electron chi connectivity index (χ2n) is 6.59. The Morgan fingerprint density at radius 3 is 2.86 bits per heavy atom. The van der Waals surface area contributed by atoms with E-state index < -0.39 is 0 Å². The van der Waals surface area contributed by atoms with Crippen molar-refractivity contribution in [2.45, 2.75) is 58.2 Å². The van der Waals surface area contributed by atoms with Crippen LogP contribution < -0.4 is 0 Å². The maximum atomic E-state index is 11.8. The molecule has 5 nitrogen and oxygen atoms in total. The van der Waals surface area contributed by atoms with Crippen LogP contribution in [0.5, 0.6) is 5.75 Å². The highest BCUT2D eigenvalue weighted by molar-refractivity contribution is 5.74. The van der Waals surface area contributed by atoms with Crippen LogP contribution in [0.1, 0.15) is 44.0 Å². The van der Waals surface area contributed by atoms with E-state index >= 15 is 0 Å². The van der Waals surface area contributed by atoms with E-state index in [2.05, 4.69) is 9.88 Å². The zero-order valence-corrected chi connectivity index (χ0v) is 13.5. The van der Waals surface area contributed by atoms with Crippen LogP contribution in [-0.4, -0.2) is 51.0 Å². The molecule has 1 aromatic heterocycles. The van der Waals surface area contributed by atoms with Crippen molar-refractivity contribution in [3.63, 3.8) is 0 Å². The van der Waals surface area contributed by atoms with Crippen LogP contribution in [0.3, 0.4) is 0 Å². The number of amides is 1. The summed E-state index contributed by atoms with van der Waals surface area (Å²) in [7, 11) is 0. The summed E-state index contributed by atoms with van der Waals surface area (Å²) in [5.74, 6) is 0.452. The number of aromatic nitrogens is 1. The Morgan fingerprint density at radius 1 is 1.41 bits per heavy atom. The number of likely N-dealkylation sites (tertiary alicyclic amines) is 1. The highest BCUT2D eigenvalue weighted by Gasteiger charge is 2.35. The van der Waals surface area contributed by atoms with Gasteiger partial charge in [-0.15, -0.1) is 0 Å². The second-order valence-corrected chi connectivity index (χ2v) is 6.59. The zero-order chi connectivity index (χ0) is 15.7. The van der Waals surface area contributed by atoms with E-state index in [1.807, 2.05) is 17.9 Å². The Balaban J connectivity index is 1.67. The summed E-state index contributed by atoms with van der Waals surface area (Å²) in [6.07, 6.45) is 4.55. The summed E-state index contributed by atoms with van der Waals surface area (Å²) in [4.78, 5) is 20.7. The van der Waals surface area contributed by atoms with Gasteiger partial charge < -0.3 is 10.0 Å². The van der Waals surface area contributed by atoms with Gasteiger partial charge in [-0.3, -0.25) is 14.7 Å². The van der Waals surface area contributed by atoms with Gasteiger partial charge in [-0.05, 0) is 51.3 Å². The molecule has 1 aromatic rings. The summed E-state index contributed by atoms with van der Waals surface area (Å²) in [6.45, 7) is 6.10. The van der Waals surface area contributed by atoms with Crippen LogP contribution in [0.15, 0.2) is 12.1 Å². The van der Waals surface area contributed by atoms with Crippen LogP contribution in [-0.2, 0) is 11.3 Å². The molecular weight excluding hydrogens is 278 g/mol. The number of hydrogen-bond acceptors (Lipinski definition) is 4. The Bertz CT molecular complexity index is 557. The van der Waals surface area contributed by atoms with Crippen molar-refractivity contribution in [3.8, 4) is 5.75 Å². The first kappa shape index (κ1) is 15.3. The predicted molar refractivity (Wildman–Crippen MR) is 84.5 cm³/mol. The lowest BCUT2D eigenvalue weighted by molar-refractivity contribution is -0.130. The first-order valence-corrected chi connectivity index (χ1v) is 8.21. The Kier molecular flexibility index (Phi) is 4.34. The maximum Gasteiger partial charge on any atom is 0.219 e. The van der Waals surface area contributed by atoms with Gasteiger partial charge in [-0.1, -0.05) is 0 Å². The molecule has 1 aliphatic heterocycles. The lowest BCUT2D eigenvalue weighted by Gasteiger charge is -2.30. The minimum absolute atomic E-state index is 0.186. The van der Waals surface area contributed by atoms with Crippen LogP contribution in [0.2, 0.25) is 0 Å². The molecule has 3 rings (SSSR count). The van der Waals surface area contributed by atoms with Gasteiger partial charge in [0.25, 0.3) is 0 Å². The molecule has 1 N–H and O–H groups in total. The lowest BCUT2D eigenvalue weighted by atomic mass is 10.2. The van der Waals surface area contributed by atoms with Crippen molar-refractivity contribution >= 4 is 5.91 Å². The molecule has 0 spiro atoms. The average molecular weight is 303 g/mol. The van der Waals surface area contributed by atoms with Crippen molar-refractivity contribution < 1.29 is 9.90 Å². The van der Waals surface area contributed by atoms with Crippen molar-refractivity contribution in [2.24, 2.45) is 0 Å². The van der Waals surface area contributed by atoms with Gasteiger partial charge in [0.2, 0.25) is 5.91 Å². The summed E-state index contributed by atoms with van der Waals surface area (Å²) in [5, 5.41) is 10.00. The largest absolute Gasteiger partial charge is 0.506 e. The molecule has 2 aliphatic rings. The molecule has 1 saturated heterocycles. The molecule has 120 valence electrons. The smallest absolute Gasteiger partial charge is 0.219 e. The number of carbonyl (C=O) groups excluding carboxylic acids is 1. The molecule has 0 aromatic carbocycles. The molecule has 2 fully saturated rings. The third kappa shape index (κ3) is 3.40. The number of aromatic hydroxyl groups is 1. The van der Waals surface area contributed by atoms with Crippen LogP contribution in [0.4, 0.5) is 0 Å². The van der Waals surface area contributed by atoms with E-state index in [0.29, 0.717) is 18.6 Å². The molecule has 1 saturated carbocycles. The van der Waals surface area contributed by atoms with Crippen molar-refractivity contribution in [1.82, 2.24) is 14.8 Å². The quantitative estimate of drug-likeness (QED) is 0.905. The van der Waals surface area contributed by atoms with Gasteiger partial charge in [-0.2, -0.15) is 0 Å². The fraction of sp³-hybridized carbons (Fsp3) is 0.647. The summed E-state index contributed by atoms with van der Waals surface area (Å²) in [6, 6.07) is 4.39. The Morgan fingerprint density at radius 2 is 2.18 bits per heavy atom. The third-order valence-electron chi connectivity index (χ3n) is 4.74. The highest BCUT2D eigenvalue weighted by Crippen LogP contribution is 2.30. The van der Waals surface area contributed by atoms with Crippen LogP contribution in [0.25, 0.3) is 0 Å². The molecule has 5 heteroatoms. The molecule has 1 atom stereocenters. The van der Waals surface area contributed by atoms with E-state index in [-0.39, 0.29) is 11.7 Å². The van der Waals surface area contributed by atoms with Gasteiger partial charge >= 0.3 is 0 Å². The van der Waals surface area contributed by atoms with E-state index in [0.717, 1.165) is 50.2 Å². The van der Waals surface area contributed by atoms with E-state index in [9.17, 15) is 9.90 Å². The SMILES string of the molecule is CC(=O)N(C[C@@H]1CCCN1Cc1nc(C)ccc1O)C1CC1. The number of pyridine rings is 1. The number of carbonyl (C=O) groups is 1. The fourth-order valence-corrected chi connectivity index (χ4v) is 3.37. The first-order chi connectivity index (χ1) is 10.5. The summed E-state index contributed by atoms with van der Waals surface area (Å²) < 4.78 is 0. The summed E-state index contributed by atoms with van der Waals surface area (Å²) in [5.41, 5.74) is 1.67. The maximum absolute atomic E-state index is 11.8. The van der Waals surface area contributed by atoms with Gasteiger partial charge in [-0.25, -0.2) is 0 Å².